The number of nitrogens with one attached hydrogen (secondary N) is 1. The first kappa shape index (κ1) is 11.5. The highest BCUT2D eigenvalue weighted by Gasteiger charge is 2.09. The lowest BCUT2D eigenvalue weighted by atomic mass is 10.1. The van der Waals surface area contributed by atoms with Gasteiger partial charge >= 0.3 is 0 Å². The molecule has 1 aromatic rings. The second kappa shape index (κ2) is 4.76. The predicted octanol–water partition coefficient (Wildman–Crippen LogP) is 1.33. The molecule has 0 saturated heterocycles. The van der Waals surface area contributed by atoms with E-state index in [9.17, 15) is 0 Å². The number of hydrogen-bond donors (Lipinski definition) is 2. The standard InChI is InChI=1S/C11H16N4/c1-7-4-11(15-8(2)5-12)10(6-13)9(3)14-7/h4,8H,5,12H2,1-3H3,(H,14,15). The lowest BCUT2D eigenvalue weighted by Gasteiger charge is -2.15. The maximum atomic E-state index is 9.01. The zero-order chi connectivity index (χ0) is 11.4. The third kappa shape index (κ3) is 2.67. The highest BCUT2D eigenvalue weighted by atomic mass is 14.9. The summed E-state index contributed by atoms with van der Waals surface area (Å²) in [7, 11) is 0. The van der Waals surface area contributed by atoms with Crippen LogP contribution in [0.3, 0.4) is 0 Å². The van der Waals surface area contributed by atoms with Gasteiger partial charge in [0.25, 0.3) is 0 Å². The number of aryl methyl sites for hydroxylation is 2. The molecule has 0 bridgehead atoms. The van der Waals surface area contributed by atoms with Crippen molar-refractivity contribution in [2.24, 2.45) is 5.73 Å². The molecule has 1 atom stereocenters. The van der Waals surface area contributed by atoms with Crippen LogP contribution in [-0.4, -0.2) is 17.6 Å². The first-order valence-electron chi connectivity index (χ1n) is 4.93. The van der Waals surface area contributed by atoms with Crippen LogP contribution in [0.5, 0.6) is 0 Å². The van der Waals surface area contributed by atoms with Gasteiger partial charge in [-0.1, -0.05) is 0 Å². The van der Waals surface area contributed by atoms with Gasteiger partial charge in [-0.05, 0) is 26.8 Å². The van der Waals surface area contributed by atoms with Crippen molar-refractivity contribution < 1.29 is 0 Å². The zero-order valence-corrected chi connectivity index (χ0v) is 9.33. The first-order chi connectivity index (χ1) is 7.08. The molecule has 80 valence electrons. The maximum absolute atomic E-state index is 9.01. The van der Waals surface area contributed by atoms with Gasteiger partial charge < -0.3 is 11.1 Å². The van der Waals surface area contributed by atoms with Crippen molar-refractivity contribution in [1.29, 1.82) is 5.26 Å². The van der Waals surface area contributed by atoms with Crippen LogP contribution in [0, 0.1) is 25.2 Å². The van der Waals surface area contributed by atoms with Gasteiger partial charge in [0, 0.05) is 18.3 Å². The van der Waals surface area contributed by atoms with E-state index in [4.69, 9.17) is 11.0 Å². The van der Waals surface area contributed by atoms with Gasteiger partial charge in [0.05, 0.1) is 16.9 Å². The van der Waals surface area contributed by atoms with Crippen molar-refractivity contribution in [3.05, 3.63) is 23.0 Å². The molecule has 0 amide bonds. The van der Waals surface area contributed by atoms with E-state index < -0.39 is 0 Å². The number of anilines is 1. The molecule has 0 aliphatic heterocycles. The van der Waals surface area contributed by atoms with E-state index in [-0.39, 0.29) is 6.04 Å². The van der Waals surface area contributed by atoms with Crippen molar-refractivity contribution >= 4 is 5.69 Å². The Kier molecular flexibility index (Phi) is 3.64. The average Bonchev–Trinajstić information content (AvgIpc) is 2.17. The molecule has 0 spiro atoms. The van der Waals surface area contributed by atoms with Gasteiger partial charge in [0.2, 0.25) is 0 Å². The Balaban J connectivity index is 3.10. The number of rotatable bonds is 3. The van der Waals surface area contributed by atoms with Gasteiger partial charge in [-0.15, -0.1) is 0 Å². The summed E-state index contributed by atoms with van der Waals surface area (Å²) in [5, 5.41) is 12.2. The molecule has 4 nitrogen and oxygen atoms in total. The number of nitrogens with zero attached hydrogens (tertiary/aromatic N) is 2. The second-order valence-electron chi connectivity index (χ2n) is 3.66. The molecule has 3 N–H and O–H groups in total. The van der Waals surface area contributed by atoms with E-state index >= 15 is 0 Å². The summed E-state index contributed by atoms with van der Waals surface area (Å²) in [6.45, 7) is 6.26. The van der Waals surface area contributed by atoms with Crippen molar-refractivity contribution in [3.63, 3.8) is 0 Å². The molecule has 15 heavy (non-hydrogen) atoms. The predicted molar refractivity (Wildman–Crippen MR) is 60.6 cm³/mol. The van der Waals surface area contributed by atoms with Gasteiger partial charge in [-0.3, -0.25) is 4.98 Å². The fraction of sp³-hybridized carbons (Fsp3) is 0.455. The molecule has 1 rings (SSSR count). The Morgan fingerprint density at radius 3 is 2.80 bits per heavy atom. The lowest BCUT2D eigenvalue weighted by Crippen LogP contribution is -2.25. The molecular formula is C11H16N4. The minimum Gasteiger partial charge on any atom is -0.380 e. The van der Waals surface area contributed by atoms with Crippen LogP contribution < -0.4 is 11.1 Å². The van der Waals surface area contributed by atoms with Gasteiger partial charge in [0.1, 0.15) is 6.07 Å². The van der Waals surface area contributed by atoms with Crippen LogP contribution in [0.2, 0.25) is 0 Å². The van der Waals surface area contributed by atoms with Crippen molar-refractivity contribution in [3.8, 4) is 6.07 Å². The summed E-state index contributed by atoms with van der Waals surface area (Å²) in [5.41, 5.74) is 8.60. The molecule has 1 unspecified atom stereocenters. The summed E-state index contributed by atoms with van der Waals surface area (Å²) in [6, 6.07) is 4.18. The van der Waals surface area contributed by atoms with E-state index in [1.54, 1.807) is 0 Å². The van der Waals surface area contributed by atoms with E-state index in [2.05, 4.69) is 16.4 Å². The number of aromatic nitrogens is 1. The van der Waals surface area contributed by atoms with Gasteiger partial charge in [-0.25, -0.2) is 0 Å². The fourth-order valence-corrected chi connectivity index (χ4v) is 1.41. The number of nitrogens with two attached hydrogens (primary N) is 1. The van der Waals surface area contributed by atoms with Crippen molar-refractivity contribution in [1.82, 2.24) is 4.98 Å². The molecule has 0 aliphatic rings. The summed E-state index contributed by atoms with van der Waals surface area (Å²) >= 11 is 0. The monoisotopic (exact) mass is 204 g/mol. The van der Waals surface area contributed by atoms with E-state index in [1.165, 1.54) is 0 Å². The Labute approximate surface area is 90.1 Å². The average molecular weight is 204 g/mol. The van der Waals surface area contributed by atoms with Gasteiger partial charge in [-0.2, -0.15) is 5.26 Å². The highest BCUT2D eigenvalue weighted by molar-refractivity contribution is 5.60. The van der Waals surface area contributed by atoms with Crippen LogP contribution >= 0.6 is 0 Å². The first-order valence-corrected chi connectivity index (χ1v) is 4.93. The van der Waals surface area contributed by atoms with Crippen molar-refractivity contribution in [2.75, 3.05) is 11.9 Å². The number of pyridine rings is 1. The maximum Gasteiger partial charge on any atom is 0.103 e. The van der Waals surface area contributed by atoms with Crippen LogP contribution in [0.1, 0.15) is 23.9 Å². The molecule has 0 radical (unpaired) electrons. The van der Waals surface area contributed by atoms with E-state index in [0.29, 0.717) is 12.1 Å². The van der Waals surface area contributed by atoms with Crippen LogP contribution in [-0.2, 0) is 0 Å². The third-order valence-electron chi connectivity index (χ3n) is 2.20. The SMILES string of the molecule is Cc1cc(NC(C)CN)c(C#N)c(C)n1. The minimum absolute atomic E-state index is 0.151. The zero-order valence-electron chi connectivity index (χ0n) is 9.33. The van der Waals surface area contributed by atoms with E-state index in [0.717, 1.165) is 17.1 Å². The molecule has 0 aromatic carbocycles. The third-order valence-corrected chi connectivity index (χ3v) is 2.20. The molecule has 0 saturated carbocycles. The Hall–Kier alpha value is -1.60. The van der Waals surface area contributed by atoms with Crippen LogP contribution in [0.25, 0.3) is 0 Å². The number of hydrogen-bond acceptors (Lipinski definition) is 4. The quantitative estimate of drug-likeness (QED) is 0.778. The Morgan fingerprint density at radius 1 is 1.60 bits per heavy atom. The summed E-state index contributed by atoms with van der Waals surface area (Å²) in [5.74, 6) is 0. The Bertz CT molecular complexity index is 392. The highest BCUT2D eigenvalue weighted by Crippen LogP contribution is 2.19. The van der Waals surface area contributed by atoms with Gasteiger partial charge in [0.15, 0.2) is 0 Å². The number of nitriles is 1. The molecule has 0 fully saturated rings. The summed E-state index contributed by atoms with van der Waals surface area (Å²) in [6.07, 6.45) is 0. The largest absolute Gasteiger partial charge is 0.380 e. The van der Waals surface area contributed by atoms with Crippen LogP contribution in [0.4, 0.5) is 5.69 Å². The molecule has 4 heteroatoms. The smallest absolute Gasteiger partial charge is 0.103 e. The van der Waals surface area contributed by atoms with Crippen LogP contribution in [0.15, 0.2) is 6.07 Å². The van der Waals surface area contributed by atoms with Crippen molar-refractivity contribution in [2.45, 2.75) is 26.8 Å². The summed E-state index contributed by atoms with van der Waals surface area (Å²) < 4.78 is 0. The molecular weight excluding hydrogens is 188 g/mol. The molecule has 1 heterocycles. The lowest BCUT2D eigenvalue weighted by molar-refractivity contribution is 0.802. The molecule has 0 aliphatic carbocycles. The fourth-order valence-electron chi connectivity index (χ4n) is 1.41. The Morgan fingerprint density at radius 2 is 2.27 bits per heavy atom. The summed E-state index contributed by atoms with van der Waals surface area (Å²) in [4.78, 5) is 4.24. The van der Waals surface area contributed by atoms with E-state index in [1.807, 2.05) is 26.8 Å². The second-order valence-corrected chi connectivity index (χ2v) is 3.66. The topological polar surface area (TPSA) is 74.7 Å². The molecule has 1 aromatic heterocycles. The minimum atomic E-state index is 0.151. The normalized spacial score (nSPS) is 11.9.